The van der Waals surface area contributed by atoms with E-state index in [1.807, 2.05) is 36.5 Å². The summed E-state index contributed by atoms with van der Waals surface area (Å²) in [5, 5.41) is 4.99. The maximum Gasteiger partial charge on any atom is 0.174 e. The van der Waals surface area contributed by atoms with Crippen molar-refractivity contribution in [3.05, 3.63) is 112 Å². The first kappa shape index (κ1) is 22.6. The maximum atomic E-state index is 6.60. The standard InChI is InChI=1S/C28H27ClN4S/c1-17-12-13-21(15-18(17)2)33-27(26(31-28(33)34)24-10-7-8-14-30-24)22-16-19(3)32(20(22)4)25-11-6-5-9-23(25)29/h5-16,26-27H,1-4H3,(H,31,34)/t26-,27-/m1/s1. The van der Waals surface area contributed by atoms with Crippen molar-refractivity contribution in [2.45, 2.75) is 39.8 Å². The molecule has 34 heavy (non-hydrogen) atoms. The molecular weight excluding hydrogens is 460 g/mol. The monoisotopic (exact) mass is 486 g/mol. The fourth-order valence-electron chi connectivity index (χ4n) is 4.92. The van der Waals surface area contributed by atoms with Gasteiger partial charge >= 0.3 is 0 Å². The van der Waals surface area contributed by atoms with Gasteiger partial charge in [0, 0.05) is 23.3 Å². The Bertz CT molecular complexity index is 1380. The molecule has 2 aromatic heterocycles. The Morgan fingerprint density at radius 2 is 1.68 bits per heavy atom. The lowest BCUT2D eigenvalue weighted by atomic mass is 9.96. The van der Waals surface area contributed by atoms with Crippen molar-refractivity contribution >= 4 is 34.6 Å². The fraction of sp³-hybridized carbons (Fsp3) is 0.214. The van der Waals surface area contributed by atoms with Gasteiger partial charge < -0.3 is 14.8 Å². The molecule has 3 heterocycles. The van der Waals surface area contributed by atoms with Crippen LogP contribution in [0.1, 0.15) is 45.9 Å². The van der Waals surface area contributed by atoms with Crippen LogP contribution >= 0.6 is 23.8 Å². The summed E-state index contributed by atoms with van der Waals surface area (Å²) in [7, 11) is 0. The first-order valence-corrected chi connectivity index (χ1v) is 12.2. The van der Waals surface area contributed by atoms with Crippen molar-refractivity contribution in [2.75, 3.05) is 4.90 Å². The second kappa shape index (κ2) is 8.90. The second-order valence-corrected chi connectivity index (χ2v) is 9.67. The number of aromatic nitrogens is 2. The van der Waals surface area contributed by atoms with Gasteiger partial charge in [0.05, 0.1) is 28.5 Å². The van der Waals surface area contributed by atoms with E-state index in [1.165, 1.54) is 16.7 Å². The number of hydrogen-bond donors (Lipinski definition) is 1. The minimum Gasteiger partial charge on any atom is -0.351 e. The minimum absolute atomic E-state index is 0.0630. The van der Waals surface area contributed by atoms with Crippen LogP contribution in [0.15, 0.2) is 72.9 Å². The number of nitrogens with one attached hydrogen (secondary N) is 1. The van der Waals surface area contributed by atoms with Crippen LogP contribution in [-0.2, 0) is 0 Å². The minimum atomic E-state index is -0.0875. The van der Waals surface area contributed by atoms with E-state index in [0.717, 1.165) is 33.5 Å². The highest BCUT2D eigenvalue weighted by Gasteiger charge is 2.42. The number of anilines is 1. The zero-order valence-electron chi connectivity index (χ0n) is 19.7. The number of benzene rings is 2. The average Bonchev–Trinajstić information content (AvgIpc) is 3.32. The summed E-state index contributed by atoms with van der Waals surface area (Å²) in [4.78, 5) is 6.92. The summed E-state index contributed by atoms with van der Waals surface area (Å²) < 4.78 is 2.23. The molecule has 2 aromatic carbocycles. The van der Waals surface area contributed by atoms with Gasteiger partial charge in [0.15, 0.2) is 5.11 Å². The van der Waals surface area contributed by atoms with Crippen LogP contribution in [-0.4, -0.2) is 14.7 Å². The molecule has 1 saturated heterocycles. The van der Waals surface area contributed by atoms with E-state index in [9.17, 15) is 0 Å². The fourth-order valence-corrected chi connectivity index (χ4v) is 5.48. The zero-order chi connectivity index (χ0) is 24.0. The molecule has 1 aliphatic heterocycles. The number of rotatable bonds is 4. The van der Waals surface area contributed by atoms with E-state index in [2.05, 4.69) is 83.9 Å². The summed E-state index contributed by atoms with van der Waals surface area (Å²) in [6.45, 7) is 8.54. The number of nitrogens with zero attached hydrogens (tertiary/aromatic N) is 3. The Morgan fingerprint density at radius 3 is 2.38 bits per heavy atom. The third-order valence-electron chi connectivity index (χ3n) is 6.75. The van der Waals surface area contributed by atoms with Gasteiger partial charge in [-0.1, -0.05) is 35.9 Å². The molecule has 1 fully saturated rings. The summed E-state index contributed by atoms with van der Waals surface area (Å²) in [5.41, 5.74) is 8.97. The number of pyridine rings is 1. The molecule has 4 nitrogen and oxygen atoms in total. The SMILES string of the molecule is Cc1ccc(N2C(=S)N[C@H](c3ccccn3)[C@H]2c2cc(C)n(-c3ccccc3Cl)c2C)cc1C. The number of thiocarbonyl (C=S) groups is 1. The number of para-hydroxylation sites is 1. The molecule has 172 valence electrons. The lowest BCUT2D eigenvalue weighted by molar-refractivity contribution is 0.565. The molecule has 0 unspecified atom stereocenters. The number of halogens is 1. The van der Waals surface area contributed by atoms with Gasteiger partial charge in [-0.15, -0.1) is 0 Å². The Balaban J connectivity index is 1.70. The summed E-state index contributed by atoms with van der Waals surface area (Å²) in [6.07, 6.45) is 1.84. The highest BCUT2D eigenvalue weighted by Crippen LogP contribution is 2.44. The summed E-state index contributed by atoms with van der Waals surface area (Å²) in [6, 6.07) is 22.6. The van der Waals surface area contributed by atoms with Crippen LogP contribution in [0, 0.1) is 27.7 Å². The molecule has 0 bridgehead atoms. The first-order valence-electron chi connectivity index (χ1n) is 11.4. The Labute approximate surface area is 211 Å². The summed E-state index contributed by atoms with van der Waals surface area (Å²) >= 11 is 12.5. The lowest BCUT2D eigenvalue weighted by Gasteiger charge is -2.28. The van der Waals surface area contributed by atoms with Gasteiger partial charge in [-0.05, 0) is 99.1 Å². The van der Waals surface area contributed by atoms with Gasteiger partial charge in [0.1, 0.15) is 0 Å². The smallest absolute Gasteiger partial charge is 0.174 e. The average molecular weight is 487 g/mol. The van der Waals surface area contributed by atoms with Crippen molar-refractivity contribution in [3.63, 3.8) is 0 Å². The van der Waals surface area contributed by atoms with Crippen molar-refractivity contribution in [1.82, 2.24) is 14.9 Å². The van der Waals surface area contributed by atoms with E-state index in [-0.39, 0.29) is 12.1 Å². The highest BCUT2D eigenvalue weighted by molar-refractivity contribution is 7.80. The molecular formula is C28H27ClN4S. The topological polar surface area (TPSA) is 33.1 Å². The van der Waals surface area contributed by atoms with Gasteiger partial charge in [-0.2, -0.15) is 0 Å². The van der Waals surface area contributed by atoms with Crippen LogP contribution in [0.4, 0.5) is 5.69 Å². The maximum absolute atomic E-state index is 6.60. The van der Waals surface area contributed by atoms with Crippen LogP contribution in [0.3, 0.4) is 0 Å². The highest BCUT2D eigenvalue weighted by atomic mass is 35.5. The Kier molecular flexibility index (Phi) is 5.92. The van der Waals surface area contributed by atoms with Crippen LogP contribution < -0.4 is 10.2 Å². The Hall–Kier alpha value is -3.15. The molecule has 6 heteroatoms. The lowest BCUT2D eigenvalue weighted by Crippen LogP contribution is -2.29. The molecule has 0 radical (unpaired) electrons. The first-order chi connectivity index (χ1) is 16.4. The normalized spacial score (nSPS) is 17.8. The van der Waals surface area contributed by atoms with Crippen LogP contribution in [0.5, 0.6) is 0 Å². The number of hydrogen-bond acceptors (Lipinski definition) is 2. The molecule has 0 spiro atoms. The van der Waals surface area contributed by atoms with Crippen molar-refractivity contribution in [2.24, 2.45) is 0 Å². The zero-order valence-corrected chi connectivity index (χ0v) is 21.3. The molecule has 0 amide bonds. The third kappa shape index (κ3) is 3.79. The molecule has 1 aliphatic rings. The van der Waals surface area contributed by atoms with E-state index in [1.54, 1.807) is 0 Å². The van der Waals surface area contributed by atoms with Gasteiger partial charge in [0.25, 0.3) is 0 Å². The van der Waals surface area contributed by atoms with Crippen molar-refractivity contribution < 1.29 is 0 Å². The van der Waals surface area contributed by atoms with Gasteiger partial charge in [-0.3, -0.25) is 4.98 Å². The second-order valence-electron chi connectivity index (χ2n) is 8.88. The molecule has 0 aliphatic carbocycles. The summed E-state index contributed by atoms with van der Waals surface area (Å²) in [5.74, 6) is 0. The molecule has 4 aromatic rings. The molecule has 1 N–H and O–H groups in total. The quantitative estimate of drug-likeness (QED) is 0.317. The van der Waals surface area contributed by atoms with E-state index >= 15 is 0 Å². The van der Waals surface area contributed by atoms with Crippen molar-refractivity contribution in [1.29, 1.82) is 0 Å². The van der Waals surface area contributed by atoms with Crippen LogP contribution in [0.2, 0.25) is 5.02 Å². The predicted molar refractivity (Wildman–Crippen MR) is 144 cm³/mol. The largest absolute Gasteiger partial charge is 0.351 e. The van der Waals surface area contributed by atoms with Gasteiger partial charge in [-0.25, -0.2) is 0 Å². The molecule has 0 saturated carbocycles. The third-order valence-corrected chi connectivity index (χ3v) is 7.38. The number of aryl methyl sites for hydroxylation is 3. The van der Waals surface area contributed by atoms with E-state index in [4.69, 9.17) is 23.8 Å². The van der Waals surface area contributed by atoms with Crippen LogP contribution in [0.25, 0.3) is 5.69 Å². The molecule has 2 atom stereocenters. The molecule has 5 rings (SSSR count). The predicted octanol–water partition coefficient (Wildman–Crippen LogP) is 6.94. The van der Waals surface area contributed by atoms with E-state index in [0.29, 0.717) is 5.11 Å². The van der Waals surface area contributed by atoms with Gasteiger partial charge in [0.2, 0.25) is 0 Å². The Morgan fingerprint density at radius 1 is 0.912 bits per heavy atom. The van der Waals surface area contributed by atoms with Crippen molar-refractivity contribution in [3.8, 4) is 5.69 Å². The van der Waals surface area contributed by atoms with E-state index < -0.39 is 0 Å².